The van der Waals surface area contributed by atoms with Crippen LogP contribution in [0.15, 0.2) is 30.5 Å². The summed E-state index contributed by atoms with van der Waals surface area (Å²) in [5.41, 5.74) is 2.26. The van der Waals surface area contributed by atoms with Gasteiger partial charge in [0.2, 0.25) is 0 Å². The smallest absolute Gasteiger partial charge is 0.0813 e. The first-order valence-electron chi connectivity index (χ1n) is 6.17. The second kappa shape index (κ2) is 5.08. The van der Waals surface area contributed by atoms with Crippen LogP contribution in [0, 0.1) is 0 Å². The molecule has 2 aromatic rings. The molecule has 0 spiro atoms. The van der Waals surface area contributed by atoms with Crippen molar-refractivity contribution < 1.29 is 0 Å². The predicted octanol–water partition coefficient (Wildman–Crippen LogP) is 4.00. The van der Waals surface area contributed by atoms with Crippen molar-refractivity contribution in [2.75, 3.05) is 6.54 Å². The van der Waals surface area contributed by atoms with Gasteiger partial charge in [0.05, 0.1) is 10.9 Å². The average molecular weight is 279 g/mol. The number of halogens is 1. The molecule has 1 aliphatic heterocycles. The van der Waals surface area contributed by atoms with Crippen LogP contribution in [0.3, 0.4) is 0 Å². The molecule has 1 fully saturated rings. The molecular formula is C14H15ClN2S. The summed E-state index contributed by atoms with van der Waals surface area (Å²) < 4.78 is 0. The number of benzene rings is 1. The summed E-state index contributed by atoms with van der Waals surface area (Å²) in [5, 5.41) is 6.38. The Labute approximate surface area is 116 Å². The molecule has 0 radical (unpaired) electrons. The van der Waals surface area contributed by atoms with Crippen LogP contribution < -0.4 is 5.32 Å². The quantitative estimate of drug-likeness (QED) is 0.853. The van der Waals surface area contributed by atoms with Crippen molar-refractivity contribution in [1.82, 2.24) is 10.3 Å². The van der Waals surface area contributed by atoms with Gasteiger partial charge in [-0.1, -0.05) is 24.6 Å². The zero-order valence-electron chi connectivity index (χ0n) is 10.2. The van der Waals surface area contributed by atoms with Crippen LogP contribution in [0.2, 0.25) is 5.02 Å². The highest BCUT2D eigenvalue weighted by molar-refractivity contribution is 8.00. The van der Waals surface area contributed by atoms with E-state index >= 15 is 0 Å². The Hall–Kier alpha value is -0.770. The minimum absolute atomic E-state index is 0.323. The van der Waals surface area contributed by atoms with Gasteiger partial charge < -0.3 is 5.32 Å². The van der Waals surface area contributed by atoms with Crippen LogP contribution in [0.4, 0.5) is 0 Å². The molecule has 2 unspecified atom stereocenters. The van der Waals surface area contributed by atoms with E-state index in [0.717, 1.165) is 22.5 Å². The van der Waals surface area contributed by atoms with Crippen LogP contribution in [-0.4, -0.2) is 16.8 Å². The maximum Gasteiger partial charge on any atom is 0.0813 e. The lowest BCUT2D eigenvalue weighted by Crippen LogP contribution is -2.29. The van der Waals surface area contributed by atoms with Gasteiger partial charge >= 0.3 is 0 Å². The highest BCUT2D eigenvalue weighted by Gasteiger charge is 2.22. The number of rotatable bonds is 1. The number of fused-ring (bicyclic) bond motifs is 1. The standard InChI is InChI=1S/C14H15ClN2S/c1-9-6-8-17-14(18-9)11-4-5-12(15)10-3-2-7-16-13(10)11/h2-5,7,9,14,17H,6,8H2,1H3. The lowest BCUT2D eigenvalue weighted by Gasteiger charge is -2.28. The summed E-state index contributed by atoms with van der Waals surface area (Å²) in [6.45, 7) is 3.35. The van der Waals surface area contributed by atoms with Crippen molar-refractivity contribution in [2.24, 2.45) is 0 Å². The summed E-state index contributed by atoms with van der Waals surface area (Å²) in [5.74, 6) is 0. The molecule has 3 rings (SSSR count). The normalized spacial score (nSPS) is 24.3. The molecule has 4 heteroatoms. The fourth-order valence-electron chi connectivity index (χ4n) is 2.32. The molecule has 2 nitrogen and oxygen atoms in total. The van der Waals surface area contributed by atoms with E-state index in [1.54, 1.807) is 0 Å². The first-order chi connectivity index (χ1) is 8.75. The number of nitrogens with one attached hydrogen (secondary N) is 1. The lowest BCUT2D eigenvalue weighted by molar-refractivity contribution is 0.607. The number of aromatic nitrogens is 1. The third kappa shape index (κ3) is 2.22. The topological polar surface area (TPSA) is 24.9 Å². The van der Waals surface area contributed by atoms with Crippen LogP contribution in [0.25, 0.3) is 10.9 Å². The maximum absolute atomic E-state index is 6.23. The van der Waals surface area contributed by atoms with Crippen LogP contribution in [0.5, 0.6) is 0 Å². The van der Waals surface area contributed by atoms with E-state index in [-0.39, 0.29) is 0 Å². The van der Waals surface area contributed by atoms with Crippen molar-refractivity contribution in [3.05, 3.63) is 41.0 Å². The van der Waals surface area contributed by atoms with Crippen LogP contribution in [0.1, 0.15) is 24.3 Å². The summed E-state index contributed by atoms with van der Waals surface area (Å²) >= 11 is 8.20. The first-order valence-corrected chi connectivity index (χ1v) is 7.50. The molecule has 2 heterocycles. The molecule has 0 amide bonds. The Bertz CT molecular complexity index is 573. The second-order valence-electron chi connectivity index (χ2n) is 4.61. The molecule has 0 bridgehead atoms. The monoisotopic (exact) mass is 278 g/mol. The van der Waals surface area contributed by atoms with Gasteiger partial charge in [-0.25, -0.2) is 0 Å². The van der Waals surface area contributed by atoms with Crippen molar-refractivity contribution in [3.8, 4) is 0 Å². The lowest BCUT2D eigenvalue weighted by atomic mass is 10.1. The average Bonchev–Trinajstić information content (AvgIpc) is 2.39. The summed E-state index contributed by atoms with van der Waals surface area (Å²) in [6.07, 6.45) is 3.05. The van der Waals surface area contributed by atoms with E-state index in [2.05, 4.69) is 23.3 Å². The van der Waals surface area contributed by atoms with Crippen molar-refractivity contribution in [3.63, 3.8) is 0 Å². The van der Waals surface area contributed by atoms with Gasteiger partial charge in [0, 0.05) is 27.4 Å². The molecule has 1 saturated heterocycles. The molecule has 0 saturated carbocycles. The van der Waals surface area contributed by atoms with Crippen LogP contribution >= 0.6 is 23.4 Å². The largest absolute Gasteiger partial charge is 0.302 e. The van der Waals surface area contributed by atoms with Gasteiger partial charge in [0.25, 0.3) is 0 Å². The summed E-state index contributed by atoms with van der Waals surface area (Å²) in [7, 11) is 0. The Morgan fingerprint density at radius 3 is 3.11 bits per heavy atom. The van der Waals surface area contributed by atoms with E-state index in [0.29, 0.717) is 10.6 Å². The molecule has 18 heavy (non-hydrogen) atoms. The van der Waals surface area contributed by atoms with Gasteiger partial charge in [0.1, 0.15) is 0 Å². The second-order valence-corrected chi connectivity index (χ2v) is 6.56. The van der Waals surface area contributed by atoms with Gasteiger partial charge in [0.15, 0.2) is 0 Å². The minimum atomic E-state index is 0.323. The van der Waals surface area contributed by atoms with Gasteiger partial charge in [-0.3, -0.25) is 4.98 Å². The molecule has 94 valence electrons. The molecule has 1 aliphatic rings. The van der Waals surface area contributed by atoms with E-state index in [1.165, 1.54) is 12.0 Å². The molecular weight excluding hydrogens is 264 g/mol. The third-order valence-electron chi connectivity index (χ3n) is 3.28. The predicted molar refractivity (Wildman–Crippen MR) is 79.2 cm³/mol. The number of hydrogen-bond donors (Lipinski definition) is 1. The Balaban J connectivity index is 2.09. The molecule has 1 N–H and O–H groups in total. The Morgan fingerprint density at radius 1 is 1.39 bits per heavy atom. The zero-order chi connectivity index (χ0) is 12.5. The summed E-state index contributed by atoms with van der Waals surface area (Å²) in [6, 6.07) is 8.04. The summed E-state index contributed by atoms with van der Waals surface area (Å²) in [4.78, 5) is 4.50. The third-order valence-corrected chi connectivity index (χ3v) is 5.00. The van der Waals surface area contributed by atoms with Crippen molar-refractivity contribution >= 4 is 34.3 Å². The molecule has 2 atom stereocenters. The van der Waals surface area contributed by atoms with Crippen LogP contribution in [-0.2, 0) is 0 Å². The fourth-order valence-corrected chi connectivity index (χ4v) is 3.81. The molecule has 1 aromatic carbocycles. The highest BCUT2D eigenvalue weighted by Crippen LogP contribution is 2.38. The molecule has 1 aromatic heterocycles. The molecule has 0 aliphatic carbocycles. The number of thioether (sulfide) groups is 1. The van der Waals surface area contributed by atoms with Crippen molar-refractivity contribution in [2.45, 2.75) is 24.0 Å². The Morgan fingerprint density at radius 2 is 2.28 bits per heavy atom. The van der Waals surface area contributed by atoms with Crippen molar-refractivity contribution in [1.29, 1.82) is 0 Å². The van der Waals surface area contributed by atoms with E-state index in [9.17, 15) is 0 Å². The SMILES string of the molecule is CC1CCNC(c2ccc(Cl)c3cccnc23)S1. The van der Waals surface area contributed by atoms with E-state index in [4.69, 9.17) is 11.6 Å². The zero-order valence-corrected chi connectivity index (χ0v) is 11.8. The minimum Gasteiger partial charge on any atom is -0.302 e. The van der Waals surface area contributed by atoms with E-state index < -0.39 is 0 Å². The van der Waals surface area contributed by atoms with Gasteiger partial charge in [-0.2, -0.15) is 0 Å². The van der Waals surface area contributed by atoms with E-state index in [1.807, 2.05) is 36.2 Å². The number of nitrogens with zero attached hydrogens (tertiary/aromatic N) is 1. The van der Waals surface area contributed by atoms with Gasteiger partial charge in [-0.05, 0) is 31.2 Å². The number of hydrogen-bond acceptors (Lipinski definition) is 3. The highest BCUT2D eigenvalue weighted by atomic mass is 35.5. The number of pyridine rings is 1. The fraction of sp³-hybridized carbons (Fsp3) is 0.357. The first kappa shape index (κ1) is 12.3. The Kier molecular flexibility index (Phi) is 3.46. The maximum atomic E-state index is 6.23. The van der Waals surface area contributed by atoms with Gasteiger partial charge in [-0.15, -0.1) is 11.8 Å².